The number of rotatable bonds is 4. The van der Waals surface area contributed by atoms with Gasteiger partial charge in [0.05, 0.1) is 12.2 Å². The number of hydrogen-bond donors (Lipinski definition) is 1. The zero-order chi connectivity index (χ0) is 13.1. The van der Waals surface area contributed by atoms with Gasteiger partial charge in [-0.1, -0.05) is 13.8 Å². The zero-order valence-electron chi connectivity index (χ0n) is 12.5. The van der Waals surface area contributed by atoms with E-state index in [9.17, 15) is 0 Å². The molecule has 0 radical (unpaired) electrons. The van der Waals surface area contributed by atoms with Gasteiger partial charge in [-0.15, -0.1) is 0 Å². The topological polar surface area (TPSA) is 24.5 Å². The minimum atomic E-state index is 0.440. The van der Waals surface area contributed by atoms with Crippen molar-refractivity contribution in [2.24, 2.45) is 11.8 Å². The molecule has 3 nitrogen and oxygen atoms in total. The van der Waals surface area contributed by atoms with E-state index >= 15 is 0 Å². The highest BCUT2D eigenvalue weighted by atomic mass is 16.5. The lowest BCUT2D eigenvalue weighted by Crippen LogP contribution is -2.48. The zero-order valence-corrected chi connectivity index (χ0v) is 12.5. The number of hydrogen-bond acceptors (Lipinski definition) is 3. The van der Waals surface area contributed by atoms with Gasteiger partial charge >= 0.3 is 0 Å². The van der Waals surface area contributed by atoms with Crippen molar-refractivity contribution in [1.82, 2.24) is 10.2 Å². The van der Waals surface area contributed by atoms with Crippen LogP contribution < -0.4 is 5.32 Å². The van der Waals surface area contributed by atoms with Crippen molar-refractivity contribution >= 4 is 0 Å². The van der Waals surface area contributed by atoms with E-state index in [-0.39, 0.29) is 0 Å². The Morgan fingerprint density at radius 2 is 1.89 bits per heavy atom. The Kier molecular flexibility index (Phi) is 5.05. The van der Waals surface area contributed by atoms with Gasteiger partial charge in [-0.2, -0.15) is 0 Å². The van der Waals surface area contributed by atoms with Crippen molar-refractivity contribution in [3.05, 3.63) is 0 Å². The highest BCUT2D eigenvalue weighted by Gasteiger charge is 2.32. The summed E-state index contributed by atoms with van der Waals surface area (Å²) in [5, 5.41) is 3.22. The number of likely N-dealkylation sites (tertiary alicyclic amines) is 1. The molecule has 0 aromatic heterocycles. The molecule has 2 aliphatic heterocycles. The van der Waals surface area contributed by atoms with E-state index in [1.54, 1.807) is 0 Å². The first-order valence-electron chi connectivity index (χ1n) is 7.64. The molecule has 5 unspecified atom stereocenters. The third-order valence-electron chi connectivity index (χ3n) is 4.79. The molecule has 2 rings (SSSR count). The van der Waals surface area contributed by atoms with Gasteiger partial charge in [-0.3, -0.25) is 4.90 Å². The summed E-state index contributed by atoms with van der Waals surface area (Å²) in [6.45, 7) is 10.6. The molecule has 0 bridgehead atoms. The number of piperidine rings is 1. The third-order valence-corrected chi connectivity index (χ3v) is 4.79. The van der Waals surface area contributed by atoms with Crippen molar-refractivity contribution in [3.63, 3.8) is 0 Å². The largest absolute Gasteiger partial charge is 0.372 e. The maximum Gasteiger partial charge on any atom is 0.0707 e. The van der Waals surface area contributed by atoms with Crippen molar-refractivity contribution in [1.29, 1.82) is 0 Å². The summed E-state index contributed by atoms with van der Waals surface area (Å²) in [5.74, 6) is 1.66. The fourth-order valence-corrected chi connectivity index (χ4v) is 3.63. The normalized spacial score (nSPS) is 42.3. The lowest BCUT2D eigenvalue weighted by atomic mass is 9.86. The summed E-state index contributed by atoms with van der Waals surface area (Å²) < 4.78 is 6.12. The van der Waals surface area contributed by atoms with Crippen LogP contribution in [-0.4, -0.2) is 49.8 Å². The molecule has 2 aliphatic rings. The van der Waals surface area contributed by atoms with Gasteiger partial charge in [0, 0.05) is 25.7 Å². The van der Waals surface area contributed by atoms with Crippen LogP contribution in [0, 0.1) is 11.8 Å². The Morgan fingerprint density at radius 1 is 1.17 bits per heavy atom. The van der Waals surface area contributed by atoms with Crippen molar-refractivity contribution in [3.8, 4) is 0 Å². The van der Waals surface area contributed by atoms with E-state index in [4.69, 9.17) is 4.74 Å². The second-order valence-corrected chi connectivity index (χ2v) is 6.53. The van der Waals surface area contributed by atoms with Crippen LogP contribution in [0.3, 0.4) is 0 Å². The van der Waals surface area contributed by atoms with E-state index < -0.39 is 0 Å². The van der Waals surface area contributed by atoms with Gasteiger partial charge in [-0.25, -0.2) is 0 Å². The van der Waals surface area contributed by atoms with Crippen LogP contribution in [0.15, 0.2) is 0 Å². The fourth-order valence-electron chi connectivity index (χ4n) is 3.63. The van der Waals surface area contributed by atoms with Crippen molar-refractivity contribution < 1.29 is 4.74 Å². The summed E-state index contributed by atoms with van der Waals surface area (Å²) in [6.07, 6.45) is 4.74. The summed E-state index contributed by atoms with van der Waals surface area (Å²) in [5.41, 5.74) is 0. The molecule has 1 N–H and O–H groups in total. The molecule has 2 saturated heterocycles. The second kappa shape index (κ2) is 6.36. The van der Waals surface area contributed by atoms with Crippen LogP contribution in [0.1, 0.15) is 40.0 Å². The monoisotopic (exact) mass is 254 g/mol. The second-order valence-electron chi connectivity index (χ2n) is 6.53. The molecule has 2 fully saturated rings. The Hall–Kier alpha value is -0.120. The van der Waals surface area contributed by atoms with Gasteiger partial charge in [0.2, 0.25) is 0 Å². The average Bonchev–Trinajstić information content (AvgIpc) is 2.73. The standard InChI is InChI=1S/C15H30N2O/c1-11-7-12(2)13(3)17(9-11)10-15-6-5-14(18-15)8-16-4/h11-16H,5-10H2,1-4H3. The molecule has 2 heterocycles. The predicted molar refractivity (Wildman–Crippen MR) is 75.8 cm³/mol. The van der Waals surface area contributed by atoms with E-state index in [1.807, 2.05) is 7.05 Å². The quantitative estimate of drug-likeness (QED) is 0.832. The Morgan fingerprint density at radius 3 is 2.61 bits per heavy atom. The van der Waals surface area contributed by atoms with E-state index in [1.165, 1.54) is 25.8 Å². The predicted octanol–water partition coefficient (Wildman–Crippen LogP) is 2.12. The maximum atomic E-state index is 6.12. The molecule has 106 valence electrons. The lowest BCUT2D eigenvalue weighted by Gasteiger charge is -2.42. The average molecular weight is 254 g/mol. The van der Waals surface area contributed by atoms with Crippen LogP contribution in [0.2, 0.25) is 0 Å². The minimum absolute atomic E-state index is 0.440. The highest BCUT2D eigenvalue weighted by molar-refractivity contribution is 4.85. The smallest absolute Gasteiger partial charge is 0.0707 e. The Labute approximate surface area is 112 Å². The first-order chi connectivity index (χ1) is 8.60. The molecule has 5 atom stereocenters. The summed E-state index contributed by atoms with van der Waals surface area (Å²) >= 11 is 0. The molecule has 3 heteroatoms. The van der Waals surface area contributed by atoms with Crippen molar-refractivity contribution in [2.75, 3.05) is 26.7 Å². The number of likely N-dealkylation sites (N-methyl/N-ethyl adjacent to an activating group) is 1. The molecule has 0 saturated carbocycles. The molecule has 0 aromatic rings. The van der Waals surface area contributed by atoms with Gasteiger partial charge in [0.25, 0.3) is 0 Å². The molecule has 0 amide bonds. The van der Waals surface area contributed by atoms with Crippen LogP contribution in [-0.2, 0) is 4.74 Å². The number of ether oxygens (including phenoxy) is 1. The van der Waals surface area contributed by atoms with E-state index in [0.29, 0.717) is 18.2 Å². The van der Waals surface area contributed by atoms with Gasteiger partial charge in [-0.05, 0) is 45.1 Å². The fraction of sp³-hybridized carbons (Fsp3) is 1.00. The van der Waals surface area contributed by atoms with Crippen LogP contribution >= 0.6 is 0 Å². The molecule has 0 spiro atoms. The molecule has 0 aliphatic carbocycles. The summed E-state index contributed by atoms with van der Waals surface area (Å²) in [4.78, 5) is 2.66. The SMILES string of the molecule is CNCC1CCC(CN2CC(C)CC(C)C2C)O1. The molecular weight excluding hydrogens is 224 g/mol. The Balaban J connectivity index is 1.82. The lowest BCUT2D eigenvalue weighted by molar-refractivity contribution is -0.00686. The Bertz CT molecular complexity index is 259. The van der Waals surface area contributed by atoms with Gasteiger partial charge < -0.3 is 10.1 Å². The number of nitrogens with one attached hydrogen (secondary N) is 1. The van der Waals surface area contributed by atoms with Crippen LogP contribution in [0.5, 0.6) is 0 Å². The first-order valence-corrected chi connectivity index (χ1v) is 7.64. The summed E-state index contributed by atoms with van der Waals surface area (Å²) in [6, 6.07) is 0.716. The third kappa shape index (κ3) is 3.46. The van der Waals surface area contributed by atoms with Crippen LogP contribution in [0.4, 0.5) is 0 Å². The molecule has 18 heavy (non-hydrogen) atoms. The first kappa shape index (κ1) is 14.3. The minimum Gasteiger partial charge on any atom is -0.372 e. The van der Waals surface area contributed by atoms with Gasteiger partial charge in [0.1, 0.15) is 0 Å². The highest BCUT2D eigenvalue weighted by Crippen LogP contribution is 2.29. The summed E-state index contributed by atoms with van der Waals surface area (Å²) in [7, 11) is 2.01. The molecular formula is C15H30N2O. The van der Waals surface area contributed by atoms with Gasteiger partial charge in [0.15, 0.2) is 0 Å². The maximum absolute atomic E-state index is 6.12. The van der Waals surface area contributed by atoms with Crippen LogP contribution in [0.25, 0.3) is 0 Å². The van der Waals surface area contributed by atoms with E-state index in [2.05, 4.69) is 31.0 Å². The number of nitrogens with zero attached hydrogens (tertiary/aromatic N) is 1. The van der Waals surface area contributed by atoms with Crippen molar-refractivity contribution in [2.45, 2.75) is 58.3 Å². The molecule has 0 aromatic carbocycles. The van der Waals surface area contributed by atoms with E-state index in [0.717, 1.165) is 24.9 Å².